The van der Waals surface area contributed by atoms with Crippen LogP contribution in [0.5, 0.6) is 5.75 Å². The highest BCUT2D eigenvalue weighted by molar-refractivity contribution is 5.78. The number of benzene rings is 2. The van der Waals surface area contributed by atoms with Gasteiger partial charge in [-0.15, -0.1) is 0 Å². The van der Waals surface area contributed by atoms with E-state index in [2.05, 4.69) is 5.32 Å². The number of para-hydroxylation sites is 1. The van der Waals surface area contributed by atoms with Gasteiger partial charge in [-0.25, -0.2) is 0 Å². The van der Waals surface area contributed by atoms with Crippen LogP contribution in [0.4, 0.5) is 0 Å². The Morgan fingerprint density at radius 2 is 1.59 bits per heavy atom. The number of amides is 2. The molecule has 1 aliphatic heterocycles. The molecular formula is C22H26N2O3. The summed E-state index contributed by atoms with van der Waals surface area (Å²) in [5.41, 5.74) is 1.17. The van der Waals surface area contributed by atoms with Gasteiger partial charge in [0.05, 0.1) is 0 Å². The number of ether oxygens (including phenoxy) is 1. The van der Waals surface area contributed by atoms with Crippen LogP contribution >= 0.6 is 0 Å². The van der Waals surface area contributed by atoms with E-state index in [1.54, 1.807) is 0 Å². The molecule has 0 unspecified atom stereocenters. The maximum absolute atomic E-state index is 12.3. The van der Waals surface area contributed by atoms with E-state index in [-0.39, 0.29) is 24.5 Å². The summed E-state index contributed by atoms with van der Waals surface area (Å²) >= 11 is 0. The normalized spacial score (nSPS) is 14.6. The summed E-state index contributed by atoms with van der Waals surface area (Å²) in [7, 11) is 0. The maximum atomic E-state index is 12.3. The van der Waals surface area contributed by atoms with Crippen LogP contribution in [0.1, 0.15) is 24.8 Å². The van der Waals surface area contributed by atoms with Crippen molar-refractivity contribution < 1.29 is 14.3 Å². The van der Waals surface area contributed by atoms with Crippen molar-refractivity contribution in [2.75, 3.05) is 19.7 Å². The molecule has 0 atom stereocenters. The Bertz CT molecular complexity index is 726. The molecule has 0 spiro atoms. The molecule has 1 N–H and O–H groups in total. The Labute approximate surface area is 160 Å². The predicted octanol–water partition coefficient (Wildman–Crippen LogP) is 2.81. The number of nitrogens with zero attached hydrogens (tertiary/aromatic N) is 1. The maximum Gasteiger partial charge on any atom is 0.260 e. The number of nitrogens with one attached hydrogen (secondary N) is 1. The monoisotopic (exact) mass is 366 g/mol. The SMILES string of the molecule is O=C(CCc1ccccc1)NC1CCN(C(=O)COc2ccccc2)CC1. The van der Waals surface area contributed by atoms with Crippen LogP contribution in [0, 0.1) is 0 Å². The molecule has 1 heterocycles. The number of hydrogen-bond donors (Lipinski definition) is 1. The first-order valence-electron chi connectivity index (χ1n) is 9.49. The van der Waals surface area contributed by atoms with E-state index < -0.39 is 0 Å². The Morgan fingerprint density at radius 1 is 0.963 bits per heavy atom. The van der Waals surface area contributed by atoms with Crippen molar-refractivity contribution >= 4 is 11.8 Å². The minimum atomic E-state index is -0.00675. The lowest BCUT2D eigenvalue weighted by Gasteiger charge is -2.32. The second kappa shape index (κ2) is 9.76. The smallest absolute Gasteiger partial charge is 0.260 e. The molecule has 2 aromatic rings. The third-order valence-electron chi connectivity index (χ3n) is 4.80. The van der Waals surface area contributed by atoms with Gasteiger partial charge in [-0.05, 0) is 37.0 Å². The minimum absolute atomic E-state index is 0.00675. The molecule has 5 heteroatoms. The van der Waals surface area contributed by atoms with Gasteiger partial charge in [0.15, 0.2) is 6.61 Å². The van der Waals surface area contributed by atoms with Crippen molar-refractivity contribution in [1.29, 1.82) is 0 Å². The molecule has 27 heavy (non-hydrogen) atoms. The van der Waals surface area contributed by atoms with Crippen LogP contribution in [0.2, 0.25) is 0 Å². The van der Waals surface area contributed by atoms with E-state index >= 15 is 0 Å². The van der Waals surface area contributed by atoms with Crippen molar-refractivity contribution in [3.05, 3.63) is 66.2 Å². The Hall–Kier alpha value is -2.82. The third kappa shape index (κ3) is 6.13. The number of carbonyl (C=O) groups is 2. The zero-order valence-electron chi connectivity index (χ0n) is 15.5. The molecule has 142 valence electrons. The molecule has 0 radical (unpaired) electrons. The largest absolute Gasteiger partial charge is 0.484 e. The molecule has 5 nitrogen and oxygen atoms in total. The second-order valence-electron chi connectivity index (χ2n) is 6.81. The Morgan fingerprint density at radius 3 is 2.26 bits per heavy atom. The molecule has 1 aliphatic rings. The molecule has 0 aromatic heterocycles. The van der Waals surface area contributed by atoms with Gasteiger partial charge in [-0.3, -0.25) is 9.59 Å². The van der Waals surface area contributed by atoms with Crippen molar-refractivity contribution in [1.82, 2.24) is 10.2 Å². The lowest BCUT2D eigenvalue weighted by atomic mass is 10.0. The van der Waals surface area contributed by atoms with Gasteiger partial charge in [-0.1, -0.05) is 48.5 Å². The van der Waals surface area contributed by atoms with Gasteiger partial charge < -0.3 is 15.0 Å². The zero-order valence-corrected chi connectivity index (χ0v) is 15.5. The first kappa shape index (κ1) is 19.0. The molecule has 3 rings (SSSR count). The second-order valence-corrected chi connectivity index (χ2v) is 6.81. The van der Waals surface area contributed by atoms with Gasteiger partial charge in [0.25, 0.3) is 5.91 Å². The van der Waals surface area contributed by atoms with E-state index in [1.165, 1.54) is 5.56 Å². The number of aryl methyl sites for hydroxylation is 1. The van der Waals surface area contributed by atoms with Crippen molar-refractivity contribution in [2.45, 2.75) is 31.7 Å². The van der Waals surface area contributed by atoms with Crippen LogP contribution in [-0.4, -0.2) is 42.5 Å². The number of piperidine rings is 1. The van der Waals surface area contributed by atoms with Crippen LogP contribution in [0.15, 0.2) is 60.7 Å². The summed E-state index contributed by atoms with van der Waals surface area (Å²) in [5.74, 6) is 0.773. The number of rotatable bonds is 7. The van der Waals surface area contributed by atoms with Crippen molar-refractivity contribution in [3.63, 3.8) is 0 Å². The van der Waals surface area contributed by atoms with E-state index in [9.17, 15) is 9.59 Å². The molecule has 0 bridgehead atoms. The molecule has 2 aromatic carbocycles. The van der Waals surface area contributed by atoms with Crippen molar-refractivity contribution in [3.8, 4) is 5.75 Å². The number of likely N-dealkylation sites (tertiary alicyclic amines) is 1. The first-order valence-corrected chi connectivity index (χ1v) is 9.49. The van der Waals surface area contributed by atoms with Gasteiger partial charge in [0, 0.05) is 25.6 Å². The third-order valence-corrected chi connectivity index (χ3v) is 4.80. The summed E-state index contributed by atoms with van der Waals surface area (Å²) in [4.78, 5) is 26.2. The van der Waals surface area contributed by atoms with Gasteiger partial charge in [0.2, 0.25) is 5.91 Å². The standard InChI is InChI=1S/C22H26N2O3/c25-21(12-11-18-7-3-1-4-8-18)23-19-13-15-24(16-14-19)22(26)17-27-20-9-5-2-6-10-20/h1-10,19H,11-17H2,(H,23,25). The summed E-state index contributed by atoms with van der Waals surface area (Å²) in [6, 6.07) is 19.5. The van der Waals surface area contributed by atoms with Gasteiger partial charge in [-0.2, -0.15) is 0 Å². The number of carbonyl (C=O) groups excluding carboxylic acids is 2. The van der Waals surface area contributed by atoms with Gasteiger partial charge in [0.1, 0.15) is 5.75 Å². The highest BCUT2D eigenvalue weighted by atomic mass is 16.5. The molecule has 2 amide bonds. The average Bonchev–Trinajstić information content (AvgIpc) is 2.72. The fraction of sp³-hybridized carbons (Fsp3) is 0.364. The van der Waals surface area contributed by atoms with E-state index in [0.29, 0.717) is 25.3 Å². The lowest BCUT2D eigenvalue weighted by Crippen LogP contribution is -2.47. The van der Waals surface area contributed by atoms with Crippen LogP contribution in [-0.2, 0) is 16.0 Å². The number of hydrogen-bond acceptors (Lipinski definition) is 3. The van der Waals surface area contributed by atoms with Crippen LogP contribution in [0.3, 0.4) is 0 Å². The fourth-order valence-corrected chi connectivity index (χ4v) is 3.23. The summed E-state index contributed by atoms with van der Waals surface area (Å²) in [6.07, 6.45) is 2.82. The van der Waals surface area contributed by atoms with Crippen molar-refractivity contribution in [2.24, 2.45) is 0 Å². The highest BCUT2D eigenvalue weighted by Gasteiger charge is 2.24. The average molecular weight is 366 g/mol. The molecule has 1 fully saturated rings. The molecule has 0 saturated carbocycles. The minimum Gasteiger partial charge on any atom is -0.484 e. The predicted molar refractivity (Wildman–Crippen MR) is 104 cm³/mol. The fourth-order valence-electron chi connectivity index (χ4n) is 3.23. The first-order chi connectivity index (χ1) is 13.2. The molecular weight excluding hydrogens is 340 g/mol. The summed E-state index contributed by atoms with van der Waals surface area (Å²) in [6.45, 7) is 1.36. The summed E-state index contributed by atoms with van der Waals surface area (Å²) < 4.78 is 5.53. The zero-order chi connectivity index (χ0) is 18.9. The quantitative estimate of drug-likeness (QED) is 0.820. The van der Waals surface area contributed by atoms with E-state index in [0.717, 1.165) is 19.3 Å². The Kier molecular flexibility index (Phi) is 6.85. The van der Waals surface area contributed by atoms with E-state index in [1.807, 2.05) is 65.6 Å². The highest BCUT2D eigenvalue weighted by Crippen LogP contribution is 2.13. The molecule has 0 aliphatic carbocycles. The topological polar surface area (TPSA) is 58.6 Å². The van der Waals surface area contributed by atoms with Gasteiger partial charge >= 0.3 is 0 Å². The Balaban J connectivity index is 1.34. The van der Waals surface area contributed by atoms with Crippen LogP contribution < -0.4 is 10.1 Å². The van der Waals surface area contributed by atoms with Crippen LogP contribution in [0.25, 0.3) is 0 Å². The van der Waals surface area contributed by atoms with E-state index in [4.69, 9.17) is 4.74 Å². The molecule has 1 saturated heterocycles. The lowest BCUT2D eigenvalue weighted by molar-refractivity contribution is -0.134. The summed E-state index contributed by atoms with van der Waals surface area (Å²) in [5, 5.41) is 3.10.